The third-order valence-corrected chi connectivity index (χ3v) is 5.23. The van der Waals surface area contributed by atoms with Crippen LogP contribution in [-0.4, -0.2) is 33.3 Å². The summed E-state index contributed by atoms with van der Waals surface area (Å²) < 4.78 is 2.23. The Balaban J connectivity index is 1.48. The Morgan fingerprint density at radius 1 is 1.12 bits per heavy atom. The lowest BCUT2D eigenvalue weighted by molar-refractivity contribution is -0.122. The molecule has 1 aromatic carbocycles. The van der Waals surface area contributed by atoms with Gasteiger partial charge in [0, 0.05) is 25.2 Å². The third kappa shape index (κ3) is 3.18. The van der Waals surface area contributed by atoms with Crippen LogP contribution in [0.5, 0.6) is 0 Å². The summed E-state index contributed by atoms with van der Waals surface area (Å²) >= 11 is 0. The number of fused-ring (bicyclic) bond motifs is 1. The average molecular weight is 339 g/mol. The Labute approximate surface area is 148 Å². The van der Waals surface area contributed by atoms with E-state index >= 15 is 0 Å². The first-order valence-corrected chi connectivity index (χ1v) is 9.28. The molecule has 132 valence electrons. The molecule has 0 radical (unpaired) electrons. The molecule has 1 amide bonds. The van der Waals surface area contributed by atoms with Gasteiger partial charge in [0.2, 0.25) is 5.91 Å². The molecule has 0 saturated carbocycles. The maximum atomic E-state index is 12.9. The van der Waals surface area contributed by atoms with E-state index in [4.69, 9.17) is 0 Å². The van der Waals surface area contributed by atoms with Crippen molar-refractivity contribution in [1.82, 2.24) is 20.1 Å². The number of carbonyl (C=O) groups excluding carboxylic acids is 1. The molecule has 25 heavy (non-hydrogen) atoms. The van der Waals surface area contributed by atoms with Gasteiger partial charge >= 0.3 is 0 Å². The molecule has 0 aliphatic carbocycles. The lowest BCUT2D eigenvalue weighted by Crippen LogP contribution is -2.51. The molecule has 2 aliphatic rings. The van der Waals surface area contributed by atoms with Crippen molar-refractivity contribution in [3.05, 3.63) is 42.0 Å². The number of hydrogen-bond donors (Lipinski definition) is 1. The van der Waals surface area contributed by atoms with Crippen LogP contribution in [-0.2, 0) is 17.8 Å². The van der Waals surface area contributed by atoms with E-state index in [-0.39, 0.29) is 18.0 Å². The molecule has 3 heterocycles. The zero-order chi connectivity index (χ0) is 17.2. The van der Waals surface area contributed by atoms with E-state index < -0.39 is 0 Å². The first-order valence-electron chi connectivity index (χ1n) is 9.28. The lowest BCUT2D eigenvalue weighted by atomic mass is 10.0. The van der Waals surface area contributed by atoms with Gasteiger partial charge in [-0.05, 0) is 44.7 Å². The van der Waals surface area contributed by atoms with Crippen molar-refractivity contribution in [3.8, 4) is 0 Å². The minimum Gasteiger partial charge on any atom is -0.314 e. The number of anilines is 1. The molecular weight excluding hydrogens is 314 g/mol. The number of para-hydroxylation sites is 1. The minimum absolute atomic E-state index is 0.0176. The number of amides is 1. The highest BCUT2D eigenvalue weighted by Crippen LogP contribution is 2.24. The fourth-order valence-corrected chi connectivity index (χ4v) is 3.92. The largest absolute Gasteiger partial charge is 0.314 e. The third-order valence-electron chi connectivity index (χ3n) is 5.23. The number of hydrogen-bond acceptors (Lipinski definition) is 4. The van der Waals surface area contributed by atoms with Crippen LogP contribution in [0.2, 0.25) is 0 Å². The Hall–Kier alpha value is -2.21. The van der Waals surface area contributed by atoms with Crippen molar-refractivity contribution in [1.29, 1.82) is 0 Å². The van der Waals surface area contributed by atoms with Gasteiger partial charge in [-0.15, -0.1) is 10.2 Å². The van der Waals surface area contributed by atoms with Gasteiger partial charge in [0.15, 0.2) is 0 Å². The molecule has 4 rings (SSSR count). The molecule has 1 N–H and O–H groups in total. The van der Waals surface area contributed by atoms with E-state index in [1.165, 1.54) is 12.8 Å². The Morgan fingerprint density at radius 2 is 1.96 bits per heavy atom. The molecule has 2 aliphatic heterocycles. The van der Waals surface area contributed by atoms with Crippen molar-refractivity contribution in [2.75, 3.05) is 11.4 Å². The summed E-state index contributed by atoms with van der Waals surface area (Å²) in [5, 5.41) is 12.2. The van der Waals surface area contributed by atoms with E-state index in [0.717, 1.165) is 49.7 Å². The maximum absolute atomic E-state index is 12.9. The average Bonchev–Trinajstić information content (AvgIpc) is 3.08. The fraction of sp³-hybridized carbons (Fsp3) is 0.526. The van der Waals surface area contributed by atoms with Crippen LogP contribution >= 0.6 is 0 Å². The summed E-state index contributed by atoms with van der Waals surface area (Å²) in [4.78, 5) is 14.8. The Morgan fingerprint density at radius 3 is 2.80 bits per heavy atom. The Bertz CT molecular complexity index is 742. The van der Waals surface area contributed by atoms with Crippen LogP contribution in [0.1, 0.15) is 50.3 Å². The van der Waals surface area contributed by atoms with Crippen LogP contribution in [0.4, 0.5) is 5.69 Å². The molecule has 0 bridgehead atoms. The fourth-order valence-electron chi connectivity index (χ4n) is 3.92. The predicted molar refractivity (Wildman–Crippen MR) is 96.3 cm³/mol. The van der Waals surface area contributed by atoms with E-state index in [0.29, 0.717) is 0 Å². The van der Waals surface area contributed by atoms with Crippen molar-refractivity contribution >= 4 is 11.6 Å². The minimum atomic E-state index is -0.166. The molecule has 2 aromatic rings. The van der Waals surface area contributed by atoms with Crippen LogP contribution in [0.3, 0.4) is 0 Å². The summed E-state index contributed by atoms with van der Waals surface area (Å²) in [5.41, 5.74) is 0.978. The van der Waals surface area contributed by atoms with E-state index in [1.807, 2.05) is 35.2 Å². The summed E-state index contributed by atoms with van der Waals surface area (Å²) in [6.07, 6.45) is 5.24. The standard InChI is InChI=1S/C19H25N5O/c1-14(18-22-21-17-11-5-6-12-24(17)18)20-16-10-7-13-23(19(16)25)15-8-3-2-4-9-15/h2-4,8-9,14,16,20H,5-7,10-13H2,1H3. The van der Waals surface area contributed by atoms with Gasteiger partial charge in [0.1, 0.15) is 11.6 Å². The lowest BCUT2D eigenvalue weighted by Gasteiger charge is -2.34. The number of carbonyl (C=O) groups is 1. The smallest absolute Gasteiger partial charge is 0.244 e. The number of nitrogens with one attached hydrogen (secondary N) is 1. The molecule has 1 aromatic heterocycles. The van der Waals surface area contributed by atoms with Gasteiger partial charge in [-0.25, -0.2) is 0 Å². The summed E-state index contributed by atoms with van der Waals surface area (Å²) in [5.74, 6) is 2.19. The van der Waals surface area contributed by atoms with Gasteiger partial charge in [0.25, 0.3) is 0 Å². The number of aryl methyl sites for hydroxylation is 1. The molecule has 2 atom stereocenters. The molecular formula is C19H25N5O. The maximum Gasteiger partial charge on any atom is 0.244 e. The number of piperidine rings is 1. The topological polar surface area (TPSA) is 63.1 Å². The second kappa shape index (κ2) is 6.96. The SMILES string of the molecule is CC(NC1CCCN(c2ccccc2)C1=O)c1nnc2n1CCCC2. The van der Waals surface area contributed by atoms with Gasteiger partial charge in [-0.2, -0.15) is 0 Å². The van der Waals surface area contributed by atoms with Crippen molar-refractivity contribution in [2.45, 2.75) is 57.7 Å². The van der Waals surface area contributed by atoms with Crippen LogP contribution in [0.15, 0.2) is 30.3 Å². The van der Waals surface area contributed by atoms with Crippen molar-refractivity contribution in [2.24, 2.45) is 0 Å². The highest BCUT2D eigenvalue weighted by molar-refractivity contribution is 5.97. The van der Waals surface area contributed by atoms with Crippen molar-refractivity contribution < 1.29 is 4.79 Å². The first kappa shape index (κ1) is 16.3. The highest BCUT2D eigenvalue weighted by Gasteiger charge is 2.32. The number of rotatable bonds is 4. The van der Waals surface area contributed by atoms with E-state index in [9.17, 15) is 4.79 Å². The quantitative estimate of drug-likeness (QED) is 0.929. The summed E-state index contributed by atoms with van der Waals surface area (Å²) in [7, 11) is 0. The zero-order valence-electron chi connectivity index (χ0n) is 14.7. The zero-order valence-corrected chi connectivity index (χ0v) is 14.7. The normalized spacial score (nSPS) is 21.9. The van der Waals surface area contributed by atoms with Crippen LogP contribution in [0.25, 0.3) is 0 Å². The van der Waals surface area contributed by atoms with E-state index in [1.54, 1.807) is 0 Å². The van der Waals surface area contributed by atoms with Gasteiger partial charge in [-0.1, -0.05) is 18.2 Å². The number of benzene rings is 1. The molecule has 1 fully saturated rings. The molecule has 6 nitrogen and oxygen atoms in total. The second-order valence-corrected chi connectivity index (χ2v) is 6.99. The van der Waals surface area contributed by atoms with Crippen molar-refractivity contribution in [3.63, 3.8) is 0 Å². The second-order valence-electron chi connectivity index (χ2n) is 6.99. The van der Waals surface area contributed by atoms with E-state index in [2.05, 4.69) is 27.0 Å². The molecule has 6 heteroatoms. The van der Waals surface area contributed by atoms with Crippen LogP contribution < -0.4 is 10.2 Å². The Kier molecular flexibility index (Phi) is 4.53. The first-order chi connectivity index (χ1) is 12.2. The van der Waals surface area contributed by atoms with Gasteiger partial charge in [-0.3, -0.25) is 10.1 Å². The van der Waals surface area contributed by atoms with Gasteiger partial charge in [0.05, 0.1) is 12.1 Å². The van der Waals surface area contributed by atoms with Gasteiger partial charge < -0.3 is 9.47 Å². The molecule has 2 unspecified atom stereocenters. The predicted octanol–water partition coefficient (Wildman–Crippen LogP) is 2.46. The number of aromatic nitrogens is 3. The highest BCUT2D eigenvalue weighted by atomic mass is 16.2. The summed E-state index contributed by atoms with van der Waals surface area (Å²) in [6, 6.07) is 9.78. The molecule has 1 saturated heterocycles. The monoisotopic (exact) mass is 339 g/mol. The summed E-state index contributed by atoms with van der Waals surface area (Å²) in [6.45, 7) is 3.86. The number of nitrogens with zero attached hydrogens (tertiary/aromatic N) is 4. The van der Waals surface area contributed by atoms with Crippen LogP contribution in [0, 0.1) is 0 Å². The molecule has 0 spiro atoms.